The van der Waals surface area contributed by atoms with Gasteiger partial charge in [-0.1, -0.05) is 0 Å². The standard InChI is InChI=1S/C2H6N2/c1-3-4-2/h4H,1H2,2H3/p+1. The lowest BCUT2D eigenvalue weighted by atomic mass is 11.5. The van der Waals surface area contributed by atoms with E-state index in [4.69, 9.17) is 0 Å². The van der Waals surface area contributed by atoms with E-state index in [2.05, 4.69) is 11.8 Å². The maximum atomic E-state index is 3.36. The minimum absolute atomic E-state index is 1.64. The molecule has 0 aromatic rings. The zero-order valence-corrected chi connectivity index (χ0v) is 2.73. The Morgan fingerprint density at radius 2 is 2.25 bits per heavy atom. The van der Waals surface area contributed by atoms with Gasteiger partial charge in [-0.2, -0.15) is 0 Å². The van der Waals surface area contributed by atoms with Crippen molar-refractivity contribution in [2.75, 3.05) is 7.05 Å². The van der Waals surface area contributed by atoms with Crippen molar-refractivity contribution < 1.29 is 5.43 Å². The van der Waals surface area contributed by atoms with Crippen LogP contribution in [0.4, 0.5) is 0 Å². The van der Waals surface area contributed by atoms with Crippen molar-refractivity contribution in [1.29, 1.82) is 0 Å². The first-order valence-electron chi connectivity index (χ1n) is 1.15. The molecule has 0 radical (unpaired) electrons. The molecule has 24 valence electrons. The molecule has 0 unspecified atom stereocenters. The predicted molar refractivity (Wildman–Crippen MR) is 17.4 cm³/mol. The summed E-state index contributed by atoms with van der Waals surface area (Å²) < 4.78 is 0. The van der Waals surface area contributed by atoms with Crippen molar-refractivity contribution in [3.8, 4) is 0 Å². The maximum Gasteiger partial charge on any atom is 0.0892 e. The summed E-state index contributed by atoms with van der Waals surface area (Å²) >= 11 is 0. The van der Waals surface area contributed by atoms with Crippen molar-refractivity contribution in [2.45, 2.75) is 0 Å². The number of nitrogens with two attached hydrogens (primary N) is 1. The summed E-state index contributed by atoms with van der Waals surface area (Å²) in [4.78, 5) is 0. The smallest absolute Gasteiger partial charge is 0.0892 e. The van der Waals surface area contributed by atoms with Gasteiger partial charge in [-0.05, 0) is 0 Å². The molecular weight excluding hydrogens is 52.0 g/mol. The normalized spacial score (nSPS) is 6.25. The van der Waals surface area contributed by atoms with E-state index in [0.29, 0.717) is 0 Å². The lowest BCUT2D eigenvalue weighted by Crippen LogP contribution is -2.72. The molecule has 2 N–H and O–H groups in total. The molecule has 0 aliphatic carbocycles. The number of hydrogen-bond donors (Lipinski definition) is 1. The molecule has 0 aromatic carbocycles. The van der Waals surface area contributed by atoms with Crippen molar-refractivity contribution in [2.24, 2.45) is 5.10 Å². The molecule has 0 fully saturated rings. The first kappa shape index (κ1) is 3.63. The van der Waals surface area contributed by atoms with Gasteiger partial charge in [0, 0.05) is 6.72 Å². The van der Waals surface area contributed by atoms with Crippen molar-refractivity contribution >= 4 is 6.72 Å². The highest BCUT2D eigenvalue weighted by atomic mass is 15.2. The molecule has 2 nitrogen and oxygen atoms in total. The number of hydrogen-bond acceptors (Lipinski definition) is 1. The average molecular weight is 59.1 g/mol. The monoisotopic (exact) mass is 59.1 g/mol. The molecule has 0 aromatic heterocycles. The van der Waals surface area contributed by atoms with Crippen LogP contribution in [0.15, 0.2) is 5.10 Å². The lowest BCUT2D eigenvalue weighted by Gasteiger charge is -1.62. The molecule has 0 saturated heterocycles. The minimum atomic E-state index is 1.64. The molecule has 0 bridgehead atoms. The van der Waals surface area contributed by atoms with Crippen LogP contribution < -0.4 is 5.43 Å². The van der Waals surface area contributed by atoms with Crippen LogP contribution in [0.5, 0.6) is 0 Å². The Balaban J connectivity index is 2.30. The van der Waals surface area contributed by atoms with Gasteiger partial charge in [-0.15, -0.1) is 5.10 Å². The van der Waals surface area contributed by atoms with Gasteiger partial charge in [-0.3, -0.25) is 0 Å². The summed E-state index contributed by atoms with van der Waals surface area (Å²) in [6.07, 6.45) is 0. The Bertz CT molecular complexity index is 18.0. The van der Waals surface area contributed by atoms with Gasteiger partial charge in [0.25, 0.3) is 0 Å². The van der Waals surface area contributed by atoms with Gasteiger partial charge in [0.1, 0.15) is 0 Å². The van der Waals surface area contributed by atoms with E-state index in [1.165, 1.54) is 0 Å². The Labute approximate surface area is 25.5 Å². The highest BCUT2D eigenvalue weighted by molar-refractivity contribution is 5.20. The Morgan fingerprint density at radius 3 is 2.25 bits per heavy atom. The SMILES string of the molecule is C=N[NH2+]C. The second-order valence-corrected chi connectivity index (χ2v) is 0.441. The number of nitrogens with zero attached hydrogens (tertiary/aromatic N) is 1. The molecule has 2 heteroatoms. The first-order chi connectivity index (χ1) is 1.91. The summed E-state index contributed by atoms with van der Waals surface area (Å²) in [5.74, 6) is 0. The van der Waals surface area contributed by atoms with Crippen molar-refractivity contribution in [1.82, 2.24) is 0 Å². The summed E-state index contributed by atoms with van der Waals surface area (Å²) in [6, 6.07) is 0. The molecule has 4 heavy (non-hydrogen) atoms. The predicted octanol–water partition coefficient (Wildman–Crippen LogP) is -1.20. The summed E-state index contributed by atoms with van der Waals surface area (Å²) in [7, 11) is 1.83. The van der Waals surface area contributed by atoms with E-state index in [1.807, 2.05) is 7.05 Å². The molecule has 0 heterocycles. The number of quaternary nitrogens is 1. The van der Waals surface area contributed by atoms with Crippen LogP contribution in [0.25, 0.3) is 0 Å². The second kappa shape index (κ2) is 2.63. The third-order valence-corrected chi connectivity index (χ3v) is 0.183. The second-order valence-electron chi connectivity index (χ2n) is 0.441. The molecule has 0 aliphatic rings. The van der Waals surface area contributed by atoms with Crippen molar-refractivity contribution in [3.63, 3.8) is 0 Å². The zero-order valence-electron chi connectivity index (χ0n) is 2.73. The molecule has 0 saturated carbocycles. The van der Waals surface area contributed by atoms with Gasteiger partial charge in [0.05, 0.1) is 7.05 Å². The first-order valence-corrected chi connectivity index (χ1v) is 1.15. The largest absolute Gasteiger partial charge is 0.223 e. The van der Waals surface area contributed by atoms with Crippen LogP contribution in [0.3, 0.4) is 0 Å². The van der Waals surface area contributed by atoms with Gasteiger partial charge >= 0.3 is 0 Å². The Hall–Kier alpha value is -0.370. The zero-order chi connectivity index (χ0) is 3.41. The summed E-state index contributed by atoms with van der Waals surface area (Å²) in [5.41, 5.74) is 1.64. The highest BCUT2D eigenvalue weighted by Gasteiger charge is 1.41. The molecular formula is C2H7N2+. The van der Waals surface area contributed by atoms with E-state index in [-0.39, 0.29) is 0 Å². The van der Waals surface area contributed by atoms with E-state index < -0.39 is 0 Å². The Morgan fingerprint density at radius 1 is 2.00 bits per heavy atom. The third kappa shape index (κ3) is 1.63. The lowest BCUT2D eigenvalue weighted by molar-refractivity contribution is -0.632. The van der Waals surface area contributed by atoms with E-state index >= 15 is 0 Å². The quantitative estimate of drug-likeness (QED) is 0.223. The van der Waals surface area contributed by atoms with Crippen molar-refractivity contribution in [3.05, 3.63) is 0 Å². The molecule has 0 rings (SSSR count). The molecule has 0 atom stereocenters. The topological polar surface area (TPSA) is 29.0 Å². The Kier molecular flexibility index (Phi) is 2.39. The van der Waals surface area contributed by atoms with Crippen LogP contribution >= 0.6 is 0 Å². The van der Waals surface area contributed by atoms with E-state index in [1.54, 1.807) is 5.43 Å². The van der Waals surface area contributed by atoms with Gasteiger partial charge in [0.2, 0.25) is 0 Å². The van der Waals surface area contributed by atoms with Crippen LogP contribution in [0, 0.1) is 0 Å². The van der Waals surface area contributed by atoms with Crippen LogP contribution in [-0.2, 0) is 0 Å². The van der Waals surface area contributed by atoms with E-state index in [0.717, 1.165) is 0 Å². The minimum Gasteiger partial charge on any atom is -0.223 e. The van der Waals surface area contributed by atoms with Gasteiger partial charge < -0.3 is 0 Å². The average Bonchev–Trinajstić information content (AvgIpc) is 1.37. The maximum absolute atomic E-state index is 3.36. The van der Waals surface area contributed by atoms with Crippen LogP contribution in [0.2, 0.25) is 0 Å². The fourth-order valence-corrected chi connectivity index (χ4v) is 0. The number of rotatable bonds is 1. The summed E-state index contributed by atoms with van der Waals surface area (Å²) in [5, 5.41) is 3.36. The van der Waals surface area contributed by atoms with Crippen LogP contribution in [-0.4, -0.2) is 13.8 Å². The van der Waals surface area contributed by atoms with Gasteiger partial charge in [0.15, 0.2) is 0 Å². The highest BCUT2D eigenvalue weighted by Crippen LogP contribution is 1.03. The summed E-state index contributed by atoms with van der Waals surface area (Å²) in [6.45, 7) is 3.17. The fraction of sp³-hybridized carbons (Fsp3) is 0.500. The molecule has 0 aliphatic heterocycles. The molecule has 0 amide bonds. The fourth-order valence-electron chi connectivity index (χ4n) is 0. The van der Waals surface area contributed by atoms with Crippen LogP contribution in [0.1, 0.15) is 0 Å². The van der Waals surface area contributed by atoms with E-state index in [9.17, 15) is 0 Å². The van der Waals surface area contributed by atoms with Gasteiger partial charge in [-0.25, -0.2) is 5.43 Å². The third-order valence-electron chi connectivity index (χ3n) is 0.183. The molecule has 0 spiro atoms.